The Kier molecular flexibility index (Phi) is 5.08. The van der Waals surface area contributed by atoms with Crippen molar-refractivity contribution < 1.29 is 9.59 Å². The molecule has 2 aliphatic heterocycles. The summed E-state index contributed by atoms with van der Waals surface area (Å²) < 4.78 is 0. The minimum absolute atomic E-state index is 0.150. The maximum absolute atomic E-state index is 12.5. The Bertz CT molecular complexity index is 1010. The van der Waals surface area contributed by atoms with E-state index in [0.29, 0.717) is 23.7 Å². The first kappa shape index (κ1) is 18.7. The van der Waals surface area contributed by atoms with E-state index in [1.807, 2.05) is 34.8 Å². The van der Waals surface area contributed by atoms with Crippen LogP contribution in [0.25, 0.3) is 0 Å². The number of benzene rings is 1. The van der Waals surface area contributed by atoms with Crippen LogP contribution in [0.1, 0.15) is 54.9 Å². The second kappa shape index (κ2) is 7.86. The van der Waals surface area contributed by atoms with Crippen molar-refractivity contribution in [2.45, 2.75) is 25.3 Å². The van der Waals surface area contributed by atoms with Crippen molar-refractivity contribution in [1.82, 2.24) is 9.80 Å². The number of amides is 2. The van der Waals surface area contributed by atoms with Crippen LogP contribution in [0.3, 0.4) is 0 Å². The van der Waals surface area contributed by atoms with E-state index in [0.717, 1.165) is 32.4 Å². The lowest BCUT2D eigenvalue weighted by molar-refractivity contribution is 0.0649. The van der Waals surface area contributed by atoms with Crippen LogP contribution in [-0.2, 0) is 6.42 Å². The predicted octanol–water partition coefficient (Wildman–Crippen LogP) is 4.83. The molecule has 0 radical (unpaired) electrons. The molecule has 0 N–H and O–H groups in total. The number of hydrogen-bond donors (Lipinski definition) is 0. The zero-order valence-corrected chi connectivity index (χ0v) is 17.7. The highest BCUT2D eigenvalue weighted by Crippen LogP contribution is 2.39. The molecule has 0 spiro atoms. The number of hydrogen-bond acceptors (Lipinski definition) is 5. The summed E-state index contributed by atoms with van der Waals surface area (Å²) in [7, 11) is 0. The Hall–Kier alpha value is -2.28. The Labute approximate surface area is 178 Å². The van der Waals surface area contributed by atoms with Gasteiger partial charge in [-0.25, -0.2) is 0 Å². The van der Waals surface area contributed by atoms with Gasteiger partial charge in [-0.3, -0.25) is 19.4 Å². The lowest BCUT2D eigenvalue weighted by Gasteiger charge is -2.35. The predicted molar refractivity (Wildman–Crippen MR) is 117 cm³/mol. The fourth-order valence-electron chi connectivity index (χ4n) is 4.42. The molecule has 1 unspecified atom stereocenters. The molecule has 0 saturated heterocycles. The fourth-order valence-corrected chi connectivity index (χ4v) is 6.20. The summed E-state index contributed by atoms with van der Waals surface area (Å²) in [6.45, 7) is 2.53. The average Bonchev–Trinajstić information content (AvgIpc) is 3.48. The van der Waals surface area contributed by atoms with Crippen LogP contribution in [-0.4, -0.2) is 41.2 Å². The molecule has 1 atom stereocenters. The third-order valence-electron chi connectivity index (χ3n) is 5.83. The summed E-state index contributed by atoms with van der Waals surface area (Å²) in [5, 5.41) is 4.35. The standard InChI is InChI=1S/C23H22N2O2S2/c26-22-16-6-1-2-7-17(16)23(27)25(22)12-4-3-11-24-13-9-19-18(10-15-29-19)21(24)20-8-5-14-28-20/h1-2,5-8,10,14-15,21H,3-4,9,11-13H2. The van der Waals surface area contributed by atoms with Gasteiger partial charge in [0.05, 0.1) is 17.2 Å². The molecule has 0 fully saturated rings. The van der Waals surface area contributed by atoms with E-state index in [9.17, 15) is 9.59 Å². The molecule has 0 bridgehead atoms. The van der Waals surface area contributed by atoms with Crippen molar-refractivity contribution in [1.29, 1.82) is 0 Å². The Morgan fingerprint density at radius 1 is 0.862 bits per heavy atom. The van der Waals surface area contributed by atoms with Gasteiger partial charge in [0.1, 0.15) is 0 Å². The molecular formula is C23H22N2O2S2. The van der Waals surface area contributed by atoms with Crippen LogP contribution in [0.5, 0.6) is 0 Å². The average molecular weight is 423 g/mol. The van der Waals surface area contributed by atoms with Crippen LogP contribution in [0.2, 0.25) is 0 Å². The van der Waals surface area contributed by atoms with Crippen molar-refractivity contribution >= 4 is 34.5 Å². The second-order valence-electron chi connectivity index (χ2n) is 7.52. The Balaban J connectivity index is 1.22. The lowest BCUT2D eigenvalue weighted by Crippen LogP contribution is -2.36. The van der Waals surface area contributed by atoms with Crippen LogP contribution in [0, 0.1) is 0 Å². The van der Waals surface area contributed by atoms with E-state index in [1.165, 1.54) is 20.2 Å². The van der Waals surface area contributed by atoms with Crippen molar-refractivity contribution in [2.75, 3.05) is 19.6 Å². The maximum atomic E-state index is 12.5. The van der Waals surface area contributed by atoms with Crippen molar-refractivity contribution in [3.63, 3.8) is 0 Å². The van der Waals surface area contributed by atoms with E-state index < -0.39 is 0 Å². The molecule has 6 heteroatoms. The van der Waals surface area contributed by atoms with Crippen LogP contribution in [0.4, 0.5) is 0 Å². The molecule has 29 heavy (non-hydrogen) atoms. The summed E-state index contributed by atoms with van der Waals surface area (Å²) in [5.41, 5.74) is 2.52. The zero-order valence-electron chi connectivity index (χ0n) is 16.0. The third kappa shape index (κ3) is 3.35. The molecule has 5 rings (SSSR count). The molecule has 4 heterocycles. The lowest BCUT2D eigenvalue weighted by atomic mass is 9.98. The number of carbonyl (C=O) groups is 2. The van der Waals surface area contributed by atoms with Crippen molar-refractivity contribution in [3.8, 4) is 0 Å². The maximum Gasteiger partial charge on any atom is 0.261 e. The summed E-state index contributed by atoms with van der Waals surface area (Å²) in [6.07, 6.45) is 2.90. The van der Waals surface area contributed by atoms with Gasteiger partial charge in [0.25, 0.3) is 11.8 Å². The summed E-state index contributed by atoms with van der Waals surface area (Å²) in [6, 6.07) is 14.1. The van der Waals surface area contributed by atoms with Crippen molar-refractivity contribution in [2.24, 2.45) is 0 Å². The molecule has 1 aromatic carbocycles. The molecule has 2 amide bonds. The topological polar surface area (TPSA) is 40.6 Å². The van der Waals surface area contributed by atoms with Gasteiger partial charge in [-0.2, -0.15) is 0 Å². The van der Waals surface area contributed by atoms with Crippen molar-refractivity contribution in [3.05, 3.63) is 79.7 Å². The first-order valence-corrected chi connectivity index (χ1v) is 11.8. The number of carbonyl (C=O) groups excluding carboxylic acids is 2. The minimum Gasteiger partial charge on any atom is -0.291 e. The Morgan fingerprint density at radius 2 is 1.62 bits per heavy atom. The van der Waals surface area contributed by atoms with Gasteiger partial charge >= 0.3 is 0 Å². The number of fused-ring (bicyclic) bond motifs is 2. The largest absolute Gasteiger partial charge is 0.291 e. The fraction of sp³-hybridized carbons (Fsp3) is 0.304. The highest BCUT2D eigenvalue weighted by molar-refractivity contribution is 7.10. The monoisotopic (exact) mass is 422 g/mol. The minimum atomic E-state index is -0.150. The quantitative estimate of drug-likeness (QED) is 0.422. The molecule has 2 aliphatic rings. The number of unbranched alkanes of at least 4 members (excludes halogenated alkanes) is 1. The molecule has 148 valence electrons. The van der Waals surface area contributed by atoms with E-state index >= 15 is 0 Å². The number of imide groups is 1. The molecule has 3 aromatic rings. The summed E-state index contributed by atoms with van der Waals surface area (Å²) >= 11 is 3.68. The van der Waals surface area contributed by atoms with Crippen LogP contribution >= 0.6 is 22.7 Å². The number of rotatable bonds is 6. The third-order valence-corrected chi connectivity index (χ3v) is 7.75. The SMILES string of the molecule is O=C1c2ccccc2C(=O)N1CCCCN1CCc2sccc2C1c1cccs1. The van der Waals surface area contributed by atoms with E-state index in [4.69, 9.17) is 0 Å². The molecule has 4 nitrogen and oxygen atoms in total. The highest BCUT2D eigenvalue weighted by atomic mass is 32.1. The molecular weight excluding hydrogens is 400 g/mol. The Morgan fingerprint density at radius 3 is 2.34 bits per heavy atom. The van der Waals surface area contributed by atoms with Crippen LogP contribution in [0.15, 0.2) is 53.2 Å². The van der Waals surface area contributed by atoms with Gasteiger partial charge in [0.15, 0.2) is 0 Å². The second-order valence-corrected chi connectivity index (χ2v) is 9.50. The summed E-state index contributed by atoms with van der Waals surface area (Å²) in [5.74, 6) is -0.300. The highest BCUT2D eigenvalue weighted by Gasteiger charge is 2.35. The molecule has 2 aromatic heterocycles. The first-order chi connectivity index (χ1) is 14.2. The smallest absolute Gasteiger partial charge is 0.261 e. The number of nitrogens with zero attached hydrogens (tertiary/aromatic N) is 2. The zero-order chi connectivity index (χ0) is 19.8. The van der Waals surface area contributed by atoms with Gasteiger partial charge in [-0.05, 0) is 66.4 Å². The van der Waals surface area contributed by atoms with E-state index in [2.05, 4.69) is 33.9 Å². The number of thiophene rings is 2. The normalized spacial score (nSPS) is 18.9. The molecule has 0 saturated carbocycles. The first-order valence-electron chi connectivity index (χ1n) is 10.0. The molecule has 0 aliphatic carbocycles. The summed E-state index contributed by atoms with van der Waals surface area (Å²) in [4.78, 5) is 31.9. The van der Waals surface area contributed by atoms with Gasteiger partial charge in [-0.1, -0.05) is 18.2 Å². The van der Waals surface area contributed by atoms with Gasteiger partial charge in [0.2, 0.25) is 0 Å². The van der Waals surface area contributed by atoms with Gasteiger partial charge in [-0.15, -0.1) is 22.7 Å². The van der Waals surface area contributed by atoms with Crippen LogP contribution < -0.4 is 0 Å². The van der Waals surface area contributed by atoms with E-state index in [-0.39, 0.29) is 11.8 Å². The van der Waals surface area contributed by atoms with Gasteiger partial charge < -0.3 is 0 Å². The van der Waals surface area contributed by atoms with Gasteiger partial charge in [0, 0.05) is 22.8 Å². The van der Waals surface area contributed by atoms with E-state index in [1.54, 1.807) is 12.1 Å².